The number of carbonyl (C=O) groups is 1. The zero-order valence-corrected chi connectivity index (χ0v) is 14.0. The molecule has 2 aromatic rings. The maximum Gasteiger partial charge on any atom is 0.276 e. The Kier molecular flexibility index (Phi) is 5.20. The Balaban J connectivity index is 2.18. The molecule has 0 spiro atoms. The molecule has 0 bridgehead atoms. The first-order valence-corrected chi connectivity index (χ1v) is 8.50. The van der Waals surface area contributed by atoms with Crippen molar-refractivity contribution in [2.45, 2.75) is 18.7 Å². The fraction of sp³-hybridized carbons (Fsp3) is 0.125. The van der Waals surface area contributed by atoms with Gasteiger partial charge in [0.2, 0.25) is 5.91 Å². The lowest BCUT2D eigenvalue weighted by Gasteiger charge is -2.07. The smallest absolute Gasteiger partial charge is 0.276 e. The summed E-state index contributed by atoms with van der Waals surface area (Å²) in [6.07, 6.45) is 0. The van der Waals surface area contributed by atoms with Crippen LogP contribution in [0.25, 0.3) is 0 Å². The van der Waals surface area contributed by atoms with Gasteiger partial charge in [-0.3, -0.25) is 4.79 Å². The van der Waals surface area contributed by atoms with Crippen molar-refractivity contribution in [3.05, 3.63) is 54.1 Å². The molecule has 1 amide bonds. The van der Waals surface area contributed by atoms with E-state index < -0.39 is 10.0 Å². The molecule has 7 nitrogen and oxygen atoms in total. The van der Waals surface area contributed by atoms with Crippen LogP contribution < -0.4 is 10.1 Å². The van der Waals surface area contributed by atoms with Gasteiger partial charge in [0, 0.05) is 18.2 Å². The number of anilines is 1. The van der Waals surface area contributed by atoms with Crippen molar-refractivity contribution < 1.29 is 18.3 Å². The number of carbonyl (C=O) groups excluding carboxylic acids is 1. The molecule has 0 aromatic heterocycles. The molecule has 2 rings (SSSR count). The number of para-hydroxylation sites is 1. The molecule has 0 aliphatic carbocycles. The summed E-state index contributed by atoms with van der Waals surface area (Å²) in [7, 11) is -3.85. The summed E-state index contributed by atoms with van der Waals surface area (Å²) in [4.78, 5) is 13.1. The van der Waals surface area contributed by atoms with E-state index in [-0.39, 0.29) is 16.6 Å². The van der Waals surface area contributed by atoms with Crippen LogP contribution in [0.15, 0.2) is 58.5 Å². The van der Waals surface area contributed by atoms with Gasteiger partial charge in [0.05, 0.1) is 10.6 Å². The molecule has 0 unspecified atom stereocenters. The third kappa shape index (κ3) is 4.32. The number of nitrogens with zero attached hydrogens (tertiary/aromatic N) is 1. The first-order chi connectivity index (χ1) is 11.3. The number of phenols is 1. The van der Waals surface area contributed by atoms with Gasteiger partial charge in [-0.05, 0) is 43.3 Å². The van der Waals surface area contributed by atoms with Crippen molar-refractivity contribution in [3.63, 3.8) is 0 Å². The summed E-state index contributed by atoms with van der Waals surface area (Å²) in [5.74, 6) is -0.232. The van der Waals surface area contributed by atoms with Crippen molar-refractivity contribution in [2.75, 3.05) is 5.32 Å². The van der Waals surface area contributed by atoms with Crippen LogP contribution in [0.4, 0.5) is 5.69 Å². The third-order valence-electron chi connectivity index (χ3n) is 3.11. The molecule has 0 atom stereocenters. The van der Waals surface area contributed by atoms with E-state index in [0.29, 0.717) is 17.0 Å². The van der Waals surface area contributed by atoms with E-state index in [0.717, 1.165) is 0 Å². The Labute approximate surface area is 140 Å². The summed E-state index contributed by atoms with van der Waals surface area (Å²) in [6, 6.07) is 12.2. The minimum atomic E-state index is -3.85. The van der Waals surface area contributed by atoms with Crippen LogP contribution in [0.1, 0.15) is 19.4 Å². The standard InChI is InChI=1S/C16H17N3O4S/c1-11(15-5-3-4-6-16(15)21)18-19-24(22,23)14-9-7-13(8-10-14)17-12(2)20/h3-10,19,21H,1-2H3,(H,17,20). The molecule has 126 valence electrons. The summed E-state index contributed by atoms with van der Waals surface area (Å²) >= 11 is 0. The minimum absolute atomic E-state index is 0.00503. The Morgan fingerprint density at radius 1 is 1.04 bits per heavy atom. The van der Waals surface area contributed by atoms with Crippen molar-refractivity contribution in [2.24, 2.45) is 5.10 Å². The molecule has 24 heavy (non-hydrogen) atoms. The van der Waals surface area contributed by atoms with Gasteiger partial charge in [-0.15, -0.1) is 0 Å². The number of nitrogens with one attached hydrogen (secondary N) is 2. The number of hydrazone groups is 1. The molecular formula is C16H17N3O4S. The molecular weight excluding hydrogens is 330 g/mol. The van der Waals surface area contributed by atoms with Crippen LogP contribution >= 0.6 is 0 Å². The monoisotopic (exact) mass is 347 g/mol. The van der Waals surface area contributed by atoms with E-state index in [9.17, 15) is 18.3 Å². The van der Waals surface area contributed by atoms with E-state index in [1.165, 1.54) is 37.3 Å². The number of amides is 1. The molecule has 0 radical (unpaired) electrons. The highest BCUT2D eigenvalue weighted by molar-refractivity contribution is 7.89. The van der Waals surface area contributed by atoms with Gasteiger partial charge in [0.15, 0.2) is 0 Å². The van der Waals surface area contributed by atoms with Crippen molar-refractivity contribution in [1.82, 2.24) is 4.83 Å². The van der Waals surface area contributed by atoms with Crippen LogP contribution in [-0.4, -0.2) is 25.1 Å². The van der Waals surface area contributed by atoms with E-state index >= 15 is 0 Å². The number of hydrogen-bond donors (Lipinski definition) is 3. The maximum atomic E-state index is 12.2. The first-order valence-electron chi connectivity index (χ1n) is 7.02. The van der Waals surface area contributed by atoms with Crippen LogP contribution in [0.2, 0.25) is 0 Å². The topological polar surface area (TPSA) is 108 Å². The van der Waals surface area contributed by atoms with E-state index in [2.05, 4.69) is 15.2 Å². The first kappa shape index (κ1) is 17.5. The molecule has 0 heterocycles. The lowest BCUT2D eigenvalue weighted by molar-refractivity contribution is -0.114. The highest BCUT2D eigenvalue weighted by atomic mass is 32.2. The lowest BCUT2D eigenvalue weighted by atomic mass is 10.1. The molecule has 2 aromatic carbocycles. The number of aromatic hydroxyl groups is 1. The average molecular weight is 347 g/mol. The largest absolute Gasteiger partial charge is 0.507 e. The molecule has 0 aliphatic rings. The van der Waals surface area contributed by atoms with E-state index in [1.807, 2.05) is 0 Å². The Bertz CT molecular complexity index is 874. The Morgan fingerprint density at radius 3 is 2.25 bits per heavy atom. The Morgan fingerprint density at radius 2 is 1.67 bits per heavy atom. The predicted octanol–water partition coefficient (Wildman–Crippen LogP) is 2.05. The zero-order valence-electron chi connectivity index (χ0n) is 13.1. The van der Waals surface area contributed by atoms with E-state index in [4.69, 9.17) is 0 Å². The minimum Gasteiger partial charge on any atom is -0.507 e. The Hall–Kier alpha value is -2.87. The van der Waals surface area contributed by atoms with Gasteiger partial charge in [-0.1, -0.05) is 12.1 Å². The molecule has 0 saturated heterocycles. The summed E-state index contributed by atoms with van der Waals surface area (Å²) in [6.45, 7) is 2.94. The SMILES string of the molecule is CC(=O)Nc1ccc(S(=O)(=O)NN=C(C)c2ccccc2O)cc1. The van der Waals surface area contributed by atoms with Crippen molar-refractivity contribution >= 4 is 27.3 Å². The molecule has 0 aliphatic heterocycles. The molecule has 0 fully saturated rings. The molecule has 0 saturated carbocycles. The number of phenolic OH excluding ortho intramolecular Hbond substituents is 1. The second kappa shape index (κ2) is 7.14. The van der Waals surface area contributed by atoms with Gasteiger partial charge in [0.25, 0.3) is 10.0 Å². The lowest BCUT2D eigenvalue weighted by Crippen LogP contribution is -2.20. The van der Waals surface area contributed by atoms with Gasteiger partial charge in [-0.25, -0.2) is 0 Å². The normalized spacial score (nSPS) is 11.8. The second-order valence-electron chi connectivity index (χ2n) is 5.01. The fourth-order valence-corrected chi connectivity index (χ4v) is 2.80. The summed E-state index contributed by atoms with van der Waals surface area (Å²) in [5.41, 5.74) is 1.25. The van der Waals surface area contributed by atoms with E-state index in [1.54, 1.807) is 25.1 Å². The predicted molar refractivity (Wildman–Crippen MR) is 91.4 cm³/mol. The zero-order chi connectivity index (χ0) is 17.7. The van der Waals surface area contributed by atoms with Crippen LogP contribution in [0.5, 0.6) is 5.75 Å². The molecule has 8 heteroatoms. The number of rotatable bonds is 5. The quantitative estimate of drug-likeness (QED) is 0.568. The highest BCUT2D eigenvalue weighted by Gasteiger charge is 2.13. The molecule has 3 N–H and O–H groups in total. The van der Waals surface area contributed by atoms with Gasteiger partial charge < -0.3 is 10.4 Å². The summed E-state index contributed by atoms with van der Waals surface area (Å²) < 4.78 is 24.4. The summed E-state index contributed by atoms with van der Waals surface area (Å²) in [5, 5.41) is 16.1. The fourth-order valence-electron chi connectivity index (χ4n) is 1.94. The van der Waals surface area contributed by atoms with Crippen LogP contribution in [0.3, 0.4) is 0 Å². The highest BCUT2D eigenvalue weighted by Crippen LogP contribution is 2.17. The number of benzene rings is 2. The maximum absolute atomic E-state index is 12.2. The van der Waals surface area contributed by atoms with Crippen LogP contribution in [0, 0.1) is 0 Å². The number of hydrogen-bond acceptors (Lipinski definition) is 5. The third-order valence-corrected chi connectivity index (χ3v) is 4.34. The van der Waals surface area contributed by atoms with Gasteiger partial charge in [-0.2, -0.15) is 18.4 Å². The van der Waals surface area contributed by atoms with Gasteiger partial charge in [0.1, 0.15) is 5.75 Å². The average Bonchev–Trinajstić information content (AvgIpc) is 2.53. The second-order valence-corrected chi connectivity index (χ2v) is 6.68. The van der Waals surface area contributed by atoms with Crippen LogP contribution in [-0.2, 0) is 14.8 Å². The van der Waals surface area contributed by atoms with Gasteiger partial charge >= 0.3 is 0 Å². The number of sulfonamides is 1. The van der Waals surface area contributed by atoms with Crippen molar-refractivity contribution in [3.8, 4) is 5.75 Å². The van der Waals surface area contributed by atoms with Crippen molar-refractivity contribution in [1.29, 1.82) is 0 Å².